The van der Waals surface area contributed by atoms with Gasteiger partial charge >= 0.3 is 0 Å². The van der Waals surface area contributed by atoms with Crippen LogP contribution in [0, 0.1) is 5.82 Å². The zero-order valence-corrected chi connectivity index (χ0v) is 19.0. The molecule has 0 radical (unpaired) electrons. The number of carbonyl (C=O) groups excluding carboxylic acids is 1. The molecule has 0 aliphatic heterocycles. The summed E-state index contributed by atoms with van der Waals surface area (Å²) < 4.78 is 21.4. The molecule has 166 valence electrons. The molecule has 0 fully saturated rings. The monoisotopic (exact) mass is 491 g/mol. The first kappa shape index (κ1) is 23.2. The van der Waals surface area contributed by atoms with Crippen LogP contribution in [0.5, 0.6) is 5.75 Å². The van der Waals surface area contributed by atoms with Gasteiger partial charge in [-0.3, -0.25) is 4.79 Å². The number of aliphatic hydroxyl groups excluding tert-OH is 1. The van der Waals surface area contributed by atoms with Crippen molar-refractivity contribution < 1.29 is 19.0 Å². The first-order valence-corrected chi connectivity index (χ1v) is 11.0. The van der Waals surface area contributed by atoms with E-state index in [1.807, 2.05) is 22.9 Å². The Kier molecular flexibility index (Phi) is 8.06. The number of aromatic nitrogens is 1. The summed E-state index contributed by atoms with van der Waals surface area (Å²) in [7, 11) is 0. The molecule has 1 amide bonds. The second-order valence-electron chi connectivity index (χ2n) is 7.51. The number of nitrogens with two attached hydrogens (primary N) is 1. The number of benzene rings is 2. The molecule has 8 heteroatoms. The minimum absolute atomic E-state index is 0.0919. The molecule has 0 spiro atoms. The highest BCUT2D eigenvalue weighted by molar-refractivity contribution is 9.10. The van der Waals surface area contributed by atoms with Crippen molar-refractivity contribution in [1.82, 2.24) is 9.88 Å². The van der Waals surface area contributed by atoms with Crippen LogP contribution in [-0.2, 0) is 13.0 Å². The fraction of sp³-hybridized carbons (Fsp3) is 0.348. The third kappa shape index (κ3) is 6.06. The second-order valence-corrected chi connectivity index (χ2v) is 8.37. The molecule has 0 aliphatic carbocycles. The SMILES string of the molecule is CC(Cc1cc(C(N)=O)c2c(ccn2CCCO)c1)NCCOc1ccc(F)cc1Br. The van der Waals surface area contributed by atoms with Gasteiger partial charge in [-0.05, 0) is 77.7 Å². The summed E-state index contributed by atoms with van der Waals surface area (Å²) in [5.74, 6) is -0.185. The van der Waals surface area contributed by atoms with Gasteiger partial charge in [0.25, 0.3) is 5.91 Å². The van der Waals surface area contributed by atoms with E-state index in [0.717, 1.165) is 22.9 Å². The molecule has 6 nitrogen and oxygen atoms in total. The van der Waals surface area contributed by atoms with Gasteiger partial charge in [-0.1, -0.05) is 0 Å². The van der Waals surface area contributed by atoms with E-state index < -0.39 is 5.91 Å². The molecule has 1 aromatic heterocycles. The molecule has 1 heterocycles. The maximum absolute atomic E-state index is 13.1. The molecule has 0 saturated carbocycles. The van der Waals surface area contributed by atoms with Gasteiger partial charge in [0.05, 0.1) is 15.6 Å². The van der Waals surface area contributed by atoms with Crippen molar-refractivity contribution in [2.24, 2.45) is 5.73 Å². The maximum Gasteiger partial charge on any atom is 0.250 e. The lowest BCUT2D eigenvalue weighted by atomic mass is 10.0. The van der Waals surface area contributed by atoms with E-state index in [0.29, 0.717) is 41.9 Å². The highest BCUT2D eigenvalue weighted by Crippen LogP contribution is 2.26. The van der Waals surface area contributed by atoms with Crippen molar-refractivity contribution in [3.05, 3.63) is 64.0 Å². The van der Waals surface area contributed by atoms with Crippen molar-refractivity contribution >= 4 is 32.7 Å². The van der Waals surface area contributed by atoms with Crippen LogP contribution in [0.25, 0.3) is 10.9 Å². The van der Waals surface area contributed by atoms with Gasteiger partial charge in [-0.2, -0.15) is 0 Å². The molecule has 3 aromatic rings. The van der Waals surface area contributed by atoms with Gasteiger partial charge in [0, 0.05) is 37.3 Å². The number of hydrogen-bond donors (Lipinski definition) is 3. The standard InChI is InChI=1S/C23H27BrFN3O3/c1-15(27-6-10-31-21-4-3-18(25)14-20(21)24)11-16-12-17-5-8-28(7-2-9-29)22(17)19(13-16)23(26)30/h3-5,8,12-15,27,29H,2,6-7,9-11H2,1H3,(H2,26,30). The Balaban J connectivity index is 1.61. The zero-order valence-electron chi connectivity index (χ0n) is 17.4. The fourth-order valence-corrected chi connectivity index (χ4v) is 4.09. The van der Waals surface area contributed by atoms with Gasteiger partial charge in [-0.15, -0.1) is 0 Å². The summed E-state index contributed by atoms with van der Waals surface area (Å²) in [6.07, 6.45) is 3.25. The topological polar surface area (TPSA) is 89.5 Å². The quantitative estimate of drug-likeness (QED) is 0.357. The van der Waals surface area contributed by atoms with Crippen LogP contribution in [0.3, 0.4) is 0 Å². The van der Waals surface area contributed by atoms with Crippen LogP contribution in [0.4, 0.5) is 4.39 Å². The summed E-state index contributed by atoms with van der Waals surface area (Å²) in [4.78, 5) is 12.1. The third-order valence-electron chi connectivity index (χ3n) is 5.03. The number of halogens is 2. The number of fused-ring (bicyclic) bond motifs is 1. The van der Waals surface area contributed by atoms with E-state index in [1.54, 1.807) is 6.07 Å². The smallest absolute Gasteiger partial charge is 0.250 e. The van der Waals surface area contributed by atoms with Gasteiger partial charge in [0.2, 0.25) is 0 Å². The van der Waals surface area contributed by atoms with Crippen LogP contribution in [0.2, 0.25) is 0 Å². The second kappa shape index (κ2) is 10.7. The Bertz CT molecular complexity index is 1050. The molecule has 0 aliphatic rings. The van der Waals surface area contributed by atoms with Crippen molar-refractivity contribution in [1.29, 1.82) is 0 Å². The van der Waals surface area contributed by atoms with Crippen LogP contribution in [0.1, 0.15) is 29.3 Å². The van der Waals surface area contributed by atoms with Gasteiger partial charge in [-0.25, -0.2) is 4.39 Å². The third-order valence-corrected chi connectivity index (χ3v) is 5.65. The summed E-state index contributed by atoms with van der Waals surface area (Å²) in [6, 6.07) is 10.4. The van der Waals surface area contributed by atoms with Crippen LogP contribution >= 0.6 is 15.9 Å². The van der Waals surface area contributed by atoms with Crippen LogP contribution in [0.15, 0.2) is 47.1 Å². The van der Waals surface area contributed by atoms with E-state index in [1.165, 1.54) is 12.1 Å². The molecule has 1 unspecified atom stereocenters. The number of nitrogens with zero attached hydrogens (tertiary/aromatic N) is 1. The largest absolute Gasteiger partial charge is 0.491 e. The van der Waals surface area contributed by atoms with E-state index >= 15 is 0 Å². The summed E-state index contributed by atoms with van der Waals surface area (Å²) in [6.45, 7) is 3.84. The fourth-order valence-electron chi connectivity index (χ4n) is 3.63. The number of primary amides is 1. The van der Waals surface area contributed by atoms with Gasteiger partial charge < -0.3 is 25.5 Å². The lowest BCUT2D eigenvalue weighted by molar-refractivity contribution is 0.100. The molecule has 31 heavy (non-hydrogen) atoms. The molecule has 2 aromatic carbocycles. The van der Waals surface area contributed by atoms with E-state index in [4.69, 9.17) is 15.6 Å². The molecule has 4 N–H and O–H groups in total. The number of ether oxygens (including phenoxy) is 1. The number of aryl methyl sites for hydroxylation is 1. The van der Waals surface area contributed by atoms with E-state index in [2.05, 4.69) is 34.2 Å². The first-order valence-electron chi connectivity index (χ1n) is 10.2. The Morgan fingerprint density at radius 3 is 2.84 bits per heavy atom. The van der Waals surface area contributed by atoms with Crippen molar-refractivity contribution in [2.75, 3.05) is 19.8 Å². The minimum atomic E-state index is -0.463. The zero-order chi connectivity index (χ0) is 22.4. The van der Waals surface area contributed by atoms with Crippen molar-refractivity contribution in [3.63, 3.8) is 0 Å². The lowest BCUT2D eigenvalue weighted by Gasteiger charge is -2.16. The Hall–Kier alpha value is -2.42. The average molecular weight is 492 g/mol. The molecule has 0 bridgehead atoms. The predicted molar refractivity (Wildman–Crippen MR) is 123 cm³/mol. The van der Waals surface area contributed by atoms with Crippen LogP contribution < -0.4 is 15.8 Å². The number of nitrogens with one attached hydrogen (secondary N) is 1. The Morgan fingerprint density at radius 2 is 2.13 bits per heavy atom. The molecule has 0 saturated heterocycles. The highest BCUT2D eigenvalue weighted by Gasteiger charge is 2.14. The highest BCUT2D eigenvalue weighted by atomic mass is 79.9. The number of rotatable bonds is 11. The summed E-state index contributed by atoms with van der Waals surface area (Å²) >= 11 is 3.29. The summed E-state index contributed by atoms with van der Waals surface area (Å²) in [5, 5.41) is 13.5. The molecule has 3 rings (SSSR count). The molecular weight excluding hydrogens is 465 g/mol. The van der Waals surface area contributed by atoms with Gasteiger partial charge in [0.15, 0.2) is 0 Å². The van der Waals surface area contributed by atoms with E-state index in [9.17, 15) is 9.18 Å². The molecule has 1 atom stereocenters. The lowest BCUT2D eigenvalue weighted by Crippen LogP contribution is -2.32. The number of amides is 1. The molecular formula is C23H27BrFN3O3. The predicted octanol–water partition coefficient (Wildman–Crippen LogP) is 3.62. The van der Waals surface area contributed by atoms with Crippen molar-refractivity contribution in [3.8, 4) is 5.75 Å². The minimum Gasteiger partial charge on any atom is -0.491 e. The normalized spacial score (nSPS) is 12.3. The number of carbonyl (C=O) groups is 1. The van der Waals surface area contributed by atoms with E-state index in [-0.39, 0.29) is 18.5 Å². The first-order chi connectivity index (χ1) is 14.9. The van der Waals surface area contributed by atoms with Gasteiger partial charge in [0.1, 0.15) is 18.2 Å². The number of aliphatic hydroxyl groups is 1. The Labute approximate surface area is 189 Å². The summed E-state index contributed by atoms with van der Waals surface area (Å²) in [5.41, 5.74) is 7.97. The maximum atomic E-state index is 13.1. The van der Waals surface area contributed by atoms with Crippen LogP contribution in [-0.4, -0.2) is 41.4 Å². The Morgan fingerprint density at radius 1 is 1.32 bits per heavy atom. The number of hydrogen-bond acceptors (Lipinski definition) is 4. The average Bonchev–Trinajstić information content (AvgIpc) is 3.13. The van der Waals surface area contributed by atoms with Crippen molar-refractivity contribution in [2.45, 2.75) is 32.4 Å².